The van der Waals surface area contributed by atoms with Crippen molar-refractivity contribution in [3.63, 3.8) is 0 Å². The Morgan fingerprint density at radius 1 is 1.27 bits per heavy atom. The van der Waals surface area contributed by atoms with Crippen LogP contribution in [0.15, 0.2) is 29.6 Å². The number of rotatable bonds is 2. The van der Waals surface area contributed by atoms with Crippen molar-refractivity contribution in [3.05, 3.63) is 34.7 Å². The van der Waals surface area contributed by atoms with E-state index < -0.39 is 5.97 Å². The molecule has 0 saturated carbocycles. The molecule has 0 radical (unpaired) electrons. The maximum Gasteiger partial charge on any atom is 0.335 e. The van der Waals surface area contributed by atoms with Crippen molar-refractivity contribution in [2.24, 2.45) is 5.34 Å². The molecule has 0 amide bonds. The van der Waals surface area contributed by atoms with Gasteiger partial charge >= 0.3 is 5.97 Å². The molecule has 0 fully saturated rings. The number of nitrogens with zero attached hydrogens (tertiary/aromatic N) is 2. The molecule has 6 nitrogen and oxygen atoms in total. The van der Waals surface area contributed by atoms with Gasteiger partial charge in [0.05, 0.1) is 5.56 Å². The molecular formula is C9H12N2O4. The molecule has 1 rings (SSSR count). The molecule has 0 heterocycles. The molecule has 0 bridgehead atoms. The number of anilines is 1. The summed E-state index contributed by atoms with van der Waals surface area (Å²) in [5, 5.41) is 16.5. The van der Waals surface area contributed by atoms with Crippen molar-refractivity contribution in [1.29, 1.82) is 0 Å². The van der Waals surface area contributed by atoms with Crippen LogP contribution in [-0.2, 0) is 0 Å². The first-order valence-electron chi connectivity index (χ1n) is 4.00. The van der Waals surface area contributed by atoms with E-state index in [1.165, 1.54) is 5.34 Å². The summed E-state index contributed by atoms with van der Waals surface area (Å²) in [6.07, 6.45) is 0. The average molecular weight is 212 g/mol. The SMILES string of the molecule is CN(C)c1ccc(C(=O)O)cc1.O=NO. The van der Waals surface area contributed by atoms with E-state index in [1.807, 2.05) is 19.0 Å². The van der Waals surface area contributed by atoms with Crippen LogP contribution >= 0.6 is 0 Å². The molecule has 2 N–H and O–H groups in total. The molecule has 0 spiro atoms. The first-order valence-corrected chi connectivity index (χ1v) is 4.00. The third kappa shape index (κ3) is 4.61. The highest BCUT2D eigenvalue weighted by atomic mass is 16.6. The minimum absolute atomic E-state index is 0.320. The lowest BCUT2D eigenvalue weighted by Gasteiger charge is -2.11. The van der Waals surface area contributed by atoms with Crippen LogP contribution < -0.4 is 4.90 Å². The second-order valence-corrected chi connectivity index (χ2v) is 2.83. The van der Waals surface area contributed by atoms with Gasteiger partial charge in [0.15, 0.2) is 5.34 Å². The Morgan fingerprint density at radius 3 is 1.93 bits per heavy atom. The minimum Gasteiger partial charge on any atom is -0.478 e. The van der Waals surface area contributed by atoms with Gasteiger partial charge in [0.1, 0.15) is 0 Å². The summed E-state index contributed by atoms with van der Waals surface area (Å²) in [6.45, 7) is 0. The van der Waals surface area contributed by atoms with Crippen molar-refractivity contribution in [2.45, 2.75) is 0 Å². The number of benzene rings is 1. The third-order valence-electron chi connectivity index (χ3n) is 1.63. The first-order chi connectivity index (χ1) is 7.02. The number of carboxylic acid groups (broad SMARTS) is 1. The maximum atomic E-state index is 10.5. The minimum atomic E-state index is -0.889. The van der Waals surface area contributed by atoms with Gasteiger partial charge in [0.25, 0.3) is 0 Å². The Labute approximate surface area is 86.7 Å². The van der Waals surface area contributed by atoms with Crippen LogP contribution in [0.1, 0.15) is 10.4 Å². The van der Waals surface area contributed by atoms with Crippen molar-refractivity contribution < 1.29 is 15.1 Å². The average Bonchev–Trinajstić information content (AvgIpc) is 2.19. The highest BCUT2D eigenvalue weighted by Gasteiger charge is 2.01. The van der Waals surface area contributed by atoms with E-state index in [0.29, 0.717) is 5.56 Å². The van der Waals surface area contributed by atoms with Gasteiger partial charge in [-0.25, -0.2) is 4.79 Å². The zero-order valence-corrected chi connectivity index (χ0v) is 8.41. The van der Waals surface area contributed by atoms with Gasteiger partial charge in [-0.1, -0.05) is 0 Å². The maximum absolute atomic E-state index is 10.5. The monoisotopic (exact) mass is 212 g/mol. The molecule has 0 aromatic heterocycles. The molecule has 0 saturated heterocycles. The van der Waals surface area contributed by atoms with E-state index >= 15 is 0 Å². The normalized spacial score (nSPS) is 8.40. The predicted octanol–water partition coefficient (Wildman–Crippen LogP) is 1.59. The van der Waals surface area contributed by atoms with Crippen LogP contribution in [0, 0.1) is 4.91 Å². The fourth-order valence-corrected chi connectivity index (χ4v) is 0.902. The molecule has 0 aliphatic heterocycles. The lowest BCUT2D eigenvalue weighted by atomic mass is 10.2. The molecule has 82 valence electrons. The third-order valence-corrected chi connectivity index (χ3v) is 1.63. The number of carboxylic acids is 1. The van der Waals surface area contributed by atoms with Crippen molar-refractivity contribution >= 4 is 11.7 Å². The van der Waals surface area contributed by atoms with E-state index in [1.54, 1.807) is 24.3 Å². The Hall–Kier alpha value is -2.11. The molecule has 0 aliphatic rings. The quantitative estimate of drug-likeness (QED) is 0.573. The molecule has 0 aliphatic carbocycles. The van der Waals surface area contributed by atoms with Crippen LogP contribution in [0.25, 0.3) is 0 Å². The summed E-state index contributed by atoms with van der Waals surface area (Å²) in [6, 6.07) is 6.75. The molecule has 15 heavy (non-hydrogen) atoms. The molecular weight excluding hydrogens is 200 g/mol. The van der Waals surface area contributed by atoms with E-state index in [4.69, 9.17) is 15.2 Å². The fraction of sp³-hybridized carbons (Fsp3) is 0.222. The second kappa shape index (κ2) is 6.36. The van der Waals surface area contributed by atoms with Crippen LogP contribution in [-0.4, -0.2) is 30.4 Å². The van der Waals surface area contributed by atoms with Crippen LogP contribution in [0.3, 0.4) is 0 Å². The van der Waals surface area contributed by atoms with Crippen LogP contribution in [0.2, 0.25) is 0 Å². The van der Waals surface area contributed by atoms with Gasteiger partial charge in [0, 0.05) is 19.8 Å². The smallest absolute Gasteiger partial charge is 0.335 e. The van der Waals surface area contributed by atoms with Gasteiger partial charge in [0.2, 0.25) is 0 Å². The molecule has 0 unspecified atom stereocenters. The number of aromatic carboxylic acids is 1. The van der Waals surface area contributed by atoms with Crippen molar-refractivity contribution in [3.8, 4) is 0 Å². The molecule has 6 heteroatoms. The zero-order valence-electron chi connectivity index (χ0n) is 8.41. The number of carbonyl (C=O) groups is 1. The Bertz CT molecular complexity index is 321. The topological polar surface area (TPSA) is 90.2 Å². The standard InChI is InChI=1S/C9H11NO2.HNO2/c1-10(2)8-5-3-7(4-6-8)9(11)12;2-1-3/h3-6H,1-2H3,(H,11,12);(H,2,3). The number of hydrogen-bond acceptors (Lipinski definition) is 4. The second-order valence-electron chi connectivity index (χ2n) is 2.83. The molecule has 0 atom stereocenters. The number of hydrogen-bond donors (Lipinski definition) is 2. The van der Waals surface area contributed by atoms with Gasteiger partial charge in [-0.3, -0.25) is 0 Å². The van der Waals surface area contributed by atoms with E-state index in [-0.39, 0.29) is 0 Å². The Kier molecular flexibility index (Phi) is 5.47. The van der Waals surface area contributed by atoms with Crippen LogP contribution in [0.4, 0.5) is 5.69 Å². The van der Waals surface area contributed by atoms with Gasteiger partial charge in [-0.05, 0) is 24.3 Å². The van der Waals surface area contributed by atoms with E-state index in [2.05, 4.69) is 0 Å². The highest BCUT2D eigenvalue weighted by molar-refractivity contribution is 5.88. The highest BCUT2D eigenvalue weighted by Crippen LogP contribution is 2.11. The Morgan fingerprint density at radius 2 is 1.67 bits per heavy atom. The summed E-state index contributed by atoms with van der Waals surface area (Å²) in [5.41, 5.74) is 1.32. The first kappa shape index (κ1) is 12.9. The fourth-order valence-electron chi connectivity index (χ4n) is 0.902. The summed E-state index contributed by atoms with van der Waals surface area (Å²) >= 11 is 0. The molecule has 1 aromatic carbocycles. The van der Waals surface area contributed by atoms with Crippen LogP contribution in [0.5, 0.6) is 0 Å². The predicted molar refractivity (Wildman–Crippen MR) is 55.3 cm³/mol. The van der Waals surface area contributed by atoms with E-state index in [9.17, 15) is 4.79 Å². The zero-order chi connectivity index (χ0) is 11.8. The summed E-state index contributed by atoms with van der Waals surface area (Å²) < 4.78 is 0. The van der Waals surface area contributed by atoms with Gasteiger partial charge in [-0.15, -0.1) is 4.91 Å². The largest absolute Gasteiger partial charge is 0.478 e. The van der Waals surface area contributed by atoms with Crippen molar-refractivity contribution in [1.82, 2.24) is 0 Å². The van der Waals surface area contributed by atoms with Crippen molar-refractivity contribution in [2.75, 3.05) is 19.0 Å². The summed E-state index contributed by atoms with van der Waals surface area (Å²) in [5.74, 6) is -0.889. The van der Waals surface area contributed by atoms with Gasteiger partial charge in [-0.2, -0.15) is 0 Å². The lowest BCUT2D eigenvalue weighted by Crippen LogP contribution is -2.08. The van der Waals surface area contributed by atoms with Gasteiger partial charge < -0.3 is 15.2 Å². The van der Waals surface area contributed by atoms with E-state index in [0.717, 1.165) is 5.69 Å². The Balaban J connectivity index is 0.000000583. The summed E-state index contributed by atoms with van der Waals surface area (Å²) in [7, 11) is 3.82. The summed E-state index contributed by atoms with van der Waals surface area (Å²) in [4.78, 5) is 20.5. The molecule has 1 aromatic rings. The lowest BCUT2D eigenvalue weighted by molar-refractivity contribution is 0.0697.